The van der Waals surface area contributed by atoms with Crippen LogP contribution in [-0.2, 0) is 0 Å². The number of ether oxygens (including phenoxy) is 2. The first-order valence-corrected chi connectivity index (χ1v) is 5.91. The van der Waals surface area contributed by atoms with E-state index in [9.17, 15) is 0 Å². The zero-order chi connectivity index (χ0) is 13.8. The molecule has 0 aliphatic rings. The summed E-state index contributed by atoms with van der Waals surface area (Å²) in [6.45, 7) is 1.89. The van der Waals surface area contributed by atoms with Crippen molar-refractivity contribution in [2.75, 3.05) is 14.2 Å². The monoisotopic (exact) mass is 259 g/mol. The second-order valence-electron chi connectivity index (χ2n) is 4.17. The third-order valence-electron chi connectivity index (χ3n) is 2.89. The molecule has 0 aliphatic carbocycles. The van der Waals surface area contributed by atoms with Crippen molar-refractivity contribution in [1.82, 2.24) is 9.97 Å². The van der Waals surface area contributed by atoms with Gasteiger partial charge in [0.15, 0.2) is 11.5 Å². The second-order valence-corrected chi connectivity index (χ2v) is 4.17. The molecule has 1 unspecified atom stereocenters. The number of benzene rings is 1. The molecule has 0 amide bonds. The predicted octanol–water partition coefficient (Wildman–Crippen LogP) is 1.85. The lowest BCUT2D eigenvalue weighted by Crippen LogP contribution is -2.14. The van der Waals surface area contributed by atoms with Crippen LogP contribution in [0.15, 0.2) is 30.6 Å². The highest BCUT2D eigenvalue weighted by Crippen LogP contribution is 2.30. The first-order valence-electron chi connectivity index (χ1n) is 5.91. The van der Waals surface area contributed by atoms with Gasteiger partial charge in [-0.25, -0.2) is 0 Å². The summed E-state index contributed by atoms with van der Waals surface area (Å²) in [5, 5.41) is 0. The number of hydrogen-bond acceptors (Lipinski definition) is 5. The van der Waals surface area contributed by atoms with E-state index in [1.165, 1.54) is 0 Å². The smallest absolute Gasteiger partial charge is 0.161 e. The van der Waals surface area contributed by atoms with Gasteiger partial charge in [0.25, 0.3) is 0 Å². The van der Waals surface area contributed by atoms with Crippen LogP contribution in [0.25, 0.3) is 0 Å². The summed E-state index contributed by atoms with van der Waals surface area (Å²) in [5.74, 6) is 1.32. The van der Waals surface area contributed by atoms with Crippen molar-refractivity contribution in [3.05, 3.63) is 47.5 Å². The summed E-state index contributed by atoms with van der Waals surface area (Å²) in [6, 6.07) is 5.24. The summed E-state index contributed by atoms with van der Waals surface area (Å²) in [5.41, 5.74) is 8.67. The number of nitrogens with two attached hydrogens (primary N) is 1. The molecule has 0 radical (unpaired) electrons. The number of nitrogens with zero attached hydrogens (tertiary/aromatic N) is 2. The normalized spacial score (nSPS) is 12.0. The first kappa shape index (κ1) is 13.3. The molecule has 0 bridgehead atoms. The van der Waals surface area contributed by atoms with Gasteiger partial charge in [0, 0.05) is 6.20 Å². The minimum Gasteiger partial charge on any atom is -0.493 e. The van der Waals surface area contributed by atoms with Crippen LogP contribution in [0.1, 0.15) is 23.0 Å². The van der Waals surface area contributed by atoms with Crippen molar-refractivity contribution < 1.29 is 9.47 Å². The molecule has 5 nitrogen and oxygen atoms in total. The van der Waals surface area contributed by atoms with Crippen LogP contribution in [0.3, 0.4) is 0 Å². The fraction of sp³-hybridized carbons (Fsp3) is 0.286. The van der Waals surface area contributed by atoms with Gasteiger partial charge in [0.2, 0.25) is 0 Å². The Morgan fingerprint density at radius 1 is 1.05 bits per heavy atom. The fourth-order valence-corrected chi connectivity index (χ4v) is 1.78. The lowest BCUT2D eigenvalue weighted by Gasteiger charge is -2.14. The van der Waals surface area contributed by atoms with E-state index < -0.39 is 0 Å². The molecule has 19 heavy (non-hydrogen) atoms. The zero-order valence-corrected chi connectivity index (χ0v) is 11.3. The lowest BCUT2D eigenvalue weighted by molar-refractivity contribution is 0.354. The summed E-state index contributed by atoms with van der Waals surface area (Å²) >= 11 is 0. The maximum atomic E-state index is 6.18. The molecule has 2 aromatic rings. The van der Waals surface area contributed by atoms with Crippen molar-refractivity contribution in [3.8, 4) is 11.5 Å². The lowest BCUT2D eigenvalue weighted by atomic mass is 10.0. The van der Waals surface area contributed by atoms with E-state index in [0.29, 0.717) is 11.5 Å². The van der Waals surface area contributed by atoms with Gasteiger partial charge in [-0.1, -0.05) is 6.07 Å². The van der Waals surface area contributed by atoms with Crippen LogP contribution in [0.4, 0.5) is 0 Å². The zero-order valence-electron chi connectivity index (χ0n) is 11.3. The number of rotatable bonds is 4. The summed E-state index contributed by atoms with van der Waals surface area (Å²) in [6.07, 6.45) is 3.40. The summed E-state index contributed by atoms with van der Waals surface area (Å²) in [4.78, 5) is 8.50. The highest BCUT2D eigenvalue weighted by atomic mass is 16.5. The topological polar surface area (TPSA) is 70.3 Å². The molecule has 1 atom stereocenters. The van der Waals surface area contributed by atoms with Gasteiger partial charge in [-0.3, -0.25) is 9.97 Å². The second kappa shape index (κ2) is 5.67. The maximum absolute atomic E-state index is 6.18. The van der Waals surface area contributed by atoms with Crippen LogP contribution < -0.4 is 15.2 Å². The highest BCUT2D eigenvalue weighted by Gasteiger charge is 2.13. The molecule has 2 N–H and O–H groups in total. The fourth-order valence-electron chi connectivity index (χ4n) is 1.78. The molecule has 1 heterocycles. The molecule has 5 heteroatoms. The standard InChI is InChI=1S/C14H17N3O2/c1-9-7-17-11(8-16-9)14(15)10-4-5-12(18-2)13(6-10)19-3/h4-8,14H,15H2,1-3H3. The number of hydrogen-bond donors (Lipinski definition) is 1. The number of methoxy groups -OCH3 is 2. The number of aromatic nitrogens is 2. The van der Waals surface area contributed by atoms with E-state index in [4.69, 9.17) is 15.2 Å². The molecule has 100 valence electrons. The van der Waals surface area contributed by atoms with Crippen LogP contribution >= 0.6 is 0 Å². The van der Waals surface area contributed by atoms with Crippen LogP contribution in [0.2, 0.25) is 0 Å². The average molecular weight is 259 g/mol. The Balaban J connectivity index is 2.33. The van der Waals surface area contributed by atoms with E-state index in [1.807, 2.05) is 25.1 Å². The Bertz CT molecular complexity index is 555. The Labute approximate surface area is 112 Å². The van der Waals surface area contributed by atoms with Crippen LogP contribution in [-0.4, -0.2) is 24.2 Å². The molecule has 0 fully saturated rings. The third-order valence-corrected chi connectivity index (χ3v) is 2.89. The minimum atomic E-state index is -0.340. The average Bonchev–Trinajstić information content (AvgIpc) is 2.46. The van der Waals surface area contributed by atoms with Gasteiger partial charge >= 0.3 is 0 Å². The van der Waals surface area contributed by atoms with Crippen LogP contribution in [0.5, 0.6) is 11.5 Å². The molecule has 2 rings (SSSR count). The SMILES string of the molecule is COc1ccc(C(N)c2cnc(C)cn2)cc1OC. The molecule has 0 saturated heterocycles. The van der Waals surface area contributed by atoms with Gasteiger partial charge in [-0.2, -0.15) is 0 Å². The molecule has 0 aliphatic heterocycles. The van der Waals surface area contributed by atoms with Gasteiger partial charge in [0.1, 0.15) is 0 Å². The Kier molecular flexibility index (Phi) is 3.97. The van der Waals surface area contributed by atoms with E-state index in [1.54, 1.807) is 26.6 Å². The highest BCUT2D eigenvalue weighted by molar-refractivity contribution is 5.45. The van der Waals surface area contributed by atoms with Crippen molar-refractivity contribution in [1.29, 1.82) is 0 Å². The van der Waals surface area contributed by atoms with Crippen molar-refractivity contribution in [2.45, 2.75) is 13.0 Å². The Morgan fingerprint density at radius 3 is 2.37 bits per heavy atom. The molecular formula is C14H17N3O2. The molecule has 1 aromatic heterocycles. The third kappa shape index (κ3) is 2.82. The Hall–Kier alpha value is -2.14. The first-order chi connectivity index (χ1) is 9.15. The Morgan fingerprint density at radius 2 is 1.79 bits per heavy atom. The molecule has 1 aromatic carbocycles. The van der Waals surface area contributed by atoms with E-state index >= 15 is 0 Å². The largest absolute Gasteiger partial charge is 0.493 e. The van der Waals surface area contributed by atoms with E-state index in [0.717, 1.165) is 17.0 Å². The van der Waals surface area contributed by atoms with Gasteiger partial charge < -0.3 is 15.2 Å². The predicted molar refractivity (Wildman–Crippen MR) is 72.3 cm³/mol. The summed E-state index contributed by atoms with van der Waals surface area (Å²) < 4.78 is 10.5. The van der Waals surface area contributed by atoms with Crippen LogP contribution in [0, 0.1) is 6.92 Å². The number of aryl methyl sites for hydroxylation is 1. The van der Waals surface area contributed by atoms with Gasteiger partial charge in [-0.15, -0.1) is 0 Å². The molecule has 0 saturated carbocycles. The molecule has 0 spiro atoms. The maximum Gasteiger partial charge on any atom is 0.161 e. The van der Waals surface area contributed by atoms with Crippen molar-refractivity contribution in [3.63, 3.8) is 0 Å². The van der Waals surface area contributed by atoms with Crippen molar-refractivity contribution >= 4 is 0 Å². The van der Waals surface area contributed by atoms with E-state index in [2.05, 4.69) is 9.97 Å². The van der Waals surface area contributed by atoms with Gasteiger partial charge in [-0.05, 0) is 24.6 Å². The van der Waals surface area contributed by atoms with Crippen molar-refractivity contribution in [2.24, 2.45) is 5.73 Å². The summed E-state index contributed by atoms with van der Waals surface area (Å²) in [7, 11) is 3.20. The minimum absolute atomic E-state index is 0.340. The quantitative estimate of drug-likeness (QED) is 0.907. The van der Waals surface area contributed by atoms with Gasteiger partial charge in [0.05, 0.1) is 37.8 Å². The van der Waals surface area contributed by atoms with E-state index in [-0.39, 0.29) is 6.04 Å². The molecular weight excluding hydrogens is 242 g/mol.